The Morgan fingerprint density at radius 1 is 1.22 bits per heavy atom. The van der Waals surface area contributed by atoms with E-state index >= 15 is 0 Å². The van der Waals surface area contributed by atoms with Crippen molar-refractivity contribution in [2.24, 2.45) is 7.05 Å². The highest BCUT2D eigenvalue weighted by Gasteiger charge is 2.11. The van der Waals surface area contributed by atoms with E-state index in [9.17, 15) is 0 Å². The molecule has 3 aromatic rings. The molecule has 3 heteroatoms. The first kappa shape index (κ1) is 10.8. The summed E-state index contributed by atoms with van der Waals surface area (Å²) in [6.45, 7) is 2.12. The lowest BCUT2D eigenvalue weighted by Gasteiger charge is -2.02. The van der Waals surface area contributed by atoms with Gasteiger partial charge in [-0.3, -0.25) is 4.98 Å². The number of fused-ring (bicyclic) bond motifs is 1. The number of rotatable bonds is 1. The van der Waals surface area contributed by atoms with Gasteiger partial charge < -0.3 is 10.3 Å². The van der Waals surface area contributed by atoms with Crippen molar-refractivity contribution in [1.82, 2.24) is 9.55 Å². The van der Waals surface area contributed by atoms with E-state index in [0.29, 0.717) is 0 Å². The Kier molecular flexibility index (Phi) is 2.33. The third-order valence-corrected chi connectivity index (χ3v) is 3.28. The van der Waals surface area contributed by atoms with Crippen LogP contribution in [-0.2, 0) is 7.05 Å². The van der Waals surface area contributed by atoms with Crippen molar-refractivity contribution in [2.45, 2.75) is 6.92 Å². The summed E-state index contributed by atoms with van der Waals surface area (Å²) in [4.78, 5) is 4.42. The zero-order chi connectivity index (χ0) is 12.7. The van der Waals surface area contributed by atoms with Crippen molar-refractivity contribution >= 4 is 16.6 Å². The van der Waals surface area contributed by atoms with Gasteiger partial charge in [0.25, 0.3) is 0 Å². The first-order valence-electron chi connectivity index (χ1n) is 5.93. The van der Waals surface area contributed by atoms with Gasteiger partial charge in [0, 0.05) is 41.6 Å². The van der Waals surface area contributed by atoms with E-state index in [1.165, 1.54) is 16.5 Å². The molecule has 0 fully saturated rings. The molecule has 0 radical (unpaired) electrons. The number of benzene rings is 1. The minimum absolute atomic E-state index is 0.741. The van der Waals surface area contributed by atoms with Gasteiger partial charge in [0.1, 0.15) is 0 Å². The molecule has 2 aromatic heterocycles. The molecule has 90 valence electrons. The summed E-state index contributed by atoms with van der Waals surface area (Å²) < 4.78 is 2.13. The van der Waals surface area contributed by atoms with E-state index in [1.54, 1.807) is 6.20 Å². The molecule has 0 bridgehead atoms. The summed E-state index contributed by atoms with van der Waals surface area (Å²) in [5, 5.41) is 1.25. The quantitative estimate of drug-likeness (QED) is 0.706. The fraction of sp³-hybridized carbons (Fsp3) is 0.133. The molecule has 0 spiro atoms. The molecule has 3 nitrogen and oxygen atoms in total. The van der Waals surface area contributed by atoms with Gasteiger partial charge in [-0.1, -0.05) is 12.1 Å². The number of anilines is 1. The van der Waals surface area contributed by atoms with Crippen molar-refractivity contribution in [3.63, 3.8) is 0 Å². The van der Waals surface area contributed by atoms with Crippen LogP contribution >= 0.6 is 0 Å². The maximum atomic E-state index is 5.84. The normalized spacial score (nSPS) is 11.0. The van der Waals surface area contributed by atoms with Crippen LogP contribution in [0.5, 0.6) is 0 Å². The molecule has 0 aliphatic rings. The zero-order valence-corrected chi connectivity index (χ0v) is 10.5. The van der Waals surface area contributed by atoms with E-state index in [1.807, 2.05) is 12.1 Å². The lowest BCUT2D eigenvalue weighted by atomic mass is 10.0. The number of hydrogen-bond donors (Lipinski definition) is 1. The van der Waals surface area contributed by atoms with Gasteiger partial charge in [-0.2, -0.15) is 0 Å². The molecular weight excluding hydrogens is 222 g/mol. The third-order valence-electron chi connectivity index (χ3n) is 3.28. The molecule has 0 saturated heterocycles. The Labute approximate surface area is 106 Å². The average Bonchev–Trinajstić information content (AvgIpc) is 2.69. The first-order valence-corrected chi connectivity index (χ1v) is 5.93. The second-order valence-corrected chi connectivity index (χ2v) is 4.60. The molecule has 1 aromatic carbocycles. The number of nitrogens with two attached hydrogens (primary N) is 1. The molecule has 2 N–H and O–H groups in total. The largest absolute Gasteiger partial charge is 0.399 e. The molecule has 18 heavy (non-hydrogen) atoms. The number of aryl methyl sites for hydroxylation is 2. The highest BCUT2D eigenvalue weighted by atomic mass is 14.9. The summed E-state index contributed by atoms with van der Waals surface area (Å²) in [5.41, 5.74) is 11.1. The van der Waals surface area contributed by atoms with E-state index in [-0.39, 0.29) is 0 Å². The Morgan fingerprint density at radius 2 is 2.06 bits per heavy atom. The molecule has 3 rings (SSSR count). The summed E-state index contributed by atoms with van der Waals surface area (Å²) in [7, 11) is 2.05. The number of nitrogen functional groups attached to an aromatic ring is 1. The highest BCUT2D eigenvalue weighted by molar-refractivity contribution is 5.97. The maximum Gasteiger partial charge on any atom is 0.0744 e. The highest BCUT2D eigenvalue weighted by Crippen LogP contribution is 2.31. The fourth-order valence-corrected chi connectivity index (χ4v) is 2.41. The minimum Gasteiger partial charge on any atom is -0.399 e. The topological polar surface area (TPSA) is 43.8 Å². The lowest BCUT2D eigenvalue weighted by molar-refractivity contribution is 0.969. The SMILES string of the molecule is Cc1cccc2c1c(-c1cc(N)ccn1)cn2C. The number of aromatic nitrogens is 2. The molecule has 0 aliphatic heterocycles. The molecule has 0 saturated carbocycles. The maximum absolute atomic E-state index is 5.84. The number of pyridine rings is 1. The van der Waals surface area contributed by atoms with Crippen molar-refractivity contribution < 1.29 is 0 Å². The van der Waals surface area contributed by atoms with Crippen LogP contribution in [0.1, 0.15) is 5.56 Å². The van der Waals surface area contributed by atoms with Crippen molar-refractivity contribution in [1.29, 1.82) is 0 Å². The van der Waals surface area contributed by atoms with Crippen LogP contribution in [0.25, 0.3) is 22.2 Å². The second kappa shape index (κ2) is 3.88. The predicted octanol–water partition coefficient (Wildman–Crippen LogP) is 3.13. The predicted molar refractivity (Wildman–Crippen MR) is 75.3 cm³/mol. The van der Waals surface area contributed by atoms with Gasteiger partial charge in [0.05, 0.1) is 5.69 Å². The van der Waals surface area contributed by atoms with E-state index in [0.717, 1.165) is 16.9 Å². The van der Waals surface area contributed by atoms with Crippen LogP contribution in [0.2, 0.25) is 0 Å². The third kappa shape index (κ3) is 1.56. The van der Waals surface area contributed by atoms with Crippen LogP contribution in [0.3, 0.4) is 0 Å². The Balaban J connectivity index is 2.36. The molecule has 0 unspecified atom stereocenters. The molecule has 0 amide bonds. The molecular formula is C15H15N3. The lowest BCUT2D eigenvalue weighted by Crippen LogP contribution is -1.88. The van der Waals surface area contributed by atoms with Crippen molar-refractivity contribution in [2.75, 3.05) is 5.73 Å². The Hall–Kier alpha value is -2.29. The summed E-state index contributed by atoms with van der Waals surface area (Å²) in [5.74, 6) is 0. The van der Waals surface area contributed by atoms with Gasteiger partial charge >= 0.3 is 0 Å². The summed E-state index contributed by atoms with van der Waals surface area (Å²) in [6, 6.07) is 10.0. The molecule has 0 atom stereocenters. The van der Waals surface area contributed by atoms with Crippen LogP contribution in [0.4, 0.5) is 5.69 Å². The monoisotopic (exact) mass is 237 g/mol. The van der Waals surface area contributed by atoms with Gasteiger partial charge in [0.2, 0.25) is 0 Å². The summed E-state index contributed by atoms with van der Waals surface area (Å²) >= 11 is 0. The minimum atomic E-state index is 0.741. The summed E-state index contributed by atoms with van der Waals surface area (Å²) in [6.07, 6.45) is 3.86. The van der Waals surface area contributed by atoms with Gasteiger partial charge in [-0.15, -0.1) is 0 Å². The Bertz CT molecular complexity index is 726. The van der Waals surface area contributed by atoms with E-state index in [2.05, 4.69) is 47.9 Å². The van der Waals surface area contributed by atoms with E-state index < -0.39 is 0 Å². The van der Waals surface area contributed by atoms with Gasteiger partial charge in [0.15, 0.2) is 0 Å². The van der Waals surface area contributed by atoms with Gasteiger partial charge in [-0.05, 0) is 30.7 Å². The second-order valence-electron chi connectivity index (χ2n) is 4.60. The van der Waals surface area contributed by atoms with Crippen LogP contribution < -0.4 is 5.73 Å². The molecule has 2 heterocycles. The Morgan fingerprint density at radius 3 is 2.83 bits per heavy atom. The molecule has 0 aliphatic carbocycles. The number of nitrogens with zero attached hydrogens (tertiary/aromatic N) is 2. The van der Waals surface area contributed by atoms with Crippen LogP contribution in [-0.4, -0.2) is 9.55 Å². The van der Waals surface area contributed by atoms with Crippen LogP contribution in [0.15, 0.2) is 42.7 Å². The van der Waals surface area contributed by atoms with Crippen LogP contribution in [0, 0.1) is 6.92 Å². The average molecular weight is 237 g/mol. The van der Waals surface area contributed by atoms with Crippen molar-refractivity contribution in [3.05, 3.63) is 48.3 Å². The standard InChI is InChI=1S/C15H15N3/c1-10-4-3-5-14-15(10)12(9-18(14)2)13-8-11(16)6-7-17-13/h3-9H,1-2H3,(H2,16,17). The van der Waals surface area contributed by atoms with E-state index in [4.69, 9.17) is 5.73 Å². The zero-order valence-electron chi connectivity index (χ0n) is 10.5. The van der Waals surface area contributed by atoms with Crippen molar-refractivity contribution in [3.8, 4) is 11.3 Å². The smallest absolute Gasteiger partial charge is 0.0744 e. The first-order chi connectivity index (χ1) is 8.66. The van der Waals surface area contributed by atoms with Gasteiger partial charge in [-0.25, -0.2) is 0 Å². The number of hydrogen-bond acceptors (Lipinski definition) is 2. The fourth-order valence-electron chi connectivity index (χ4n) is 2.41.